The summed E-state index contributed by atoms with van der Waals surface area (Å²) in [6.07, 6.45) is 3.14. The van der Waals surface area contributed by atoms with Crippen molar-refractivity contribution < 1.29 is 5.11 Å². The Kier molecular flexibility index (Phi) is 3.88. The molecular formula is C13H26N2O. The Labute approximate surface area is 99.2 Å². The van der Waals surface area contributed by atoms with Crippen LogP contribution in [0.3, 0.4) is 0 Å². The molecule has 94 valence electrons. The summed E-state index contributed by atoms with van der Waals surface area (Å²) in [5, 5.41) is 13.8. The van der Waals surface area contributed by atoms with E-state index in [-0.39, 0.29) is 0 Å². The molecule has 1 unspecified atom stereocenters. The highest BCUT2D eigenvalue weighted by Crippen LogP contribution is 2.27. The monoisotopic (exact) mass is 226 g/mol. The van der Waals surface area contributed by atoms with E-state index in [0.29, 0.717) is 0 Å². The highest BCUT2D eigenvalue weighted by molar-refractivity contribution is 4.90. The van der Waals surface area contributed by atoms with Crippen molar-refractivity contribution in [2.45, 2.75) is 38.7 Å². The van der Waals surface area contributed by atoms with E-state index in [1.807, 2.05) is 0 Å². The molecule has 2 rings (SSSR count). The fourth-order valence-corrected chi connectivity index (χ4v) is 3.02. The highest BCUT2D eigenvalue weighted by atomic mass is 16.3. The van der Waals surface area contributed by atoms with Gasteiger partial charge in [0.05, 0.1) is 5.60 Å². The van der Waals surface area contributed by atoms with E-state index in [1.54, 1.807) is 0 Å². The van der Waals surface area contributed by atoms with Crippen molar-refractivity contribution in [3.05, 3.63) is 0 Å². The minimum atomic E-state index is -0.420. The van der Waals surface area contributed by atoms with Gasteiger partial charge in [0.25, 0.3) is 0 Å². The fourth-order valence-electron chi connectivity index (χ4n) is 3.02. The van der Waals surface area contributed by atoms with Crippen LogP contribution < -0.4 is 5.32 Å². The van der Waals surface area contributed by atoms with E-state index in [4.69, 9.17) is 0 Å². The van der Waals surface area contributed by atoms with E-state index in [1.165, 1.54) is 19.5 Å². The molecular weight excluding hydrogens is 200 g/mol. The zero-order valence-corrected chi connectivity index (χ0v) is 10.7. The summed E-state index contributed by atoms with van der Waals surface area (Å²) in [7, 11) is 0. The van der Waals surface area contributed by atoms with Crippen molar-refractivity contribution in [1.82, 2.24) is 10.2 Å². The summed E-state index contributed by atoms with van der Waals surface area (Å²) in [5.41, 5.74) is -0.420. The topological polar surface area (TPSA) is 35.5 Å². The Morgan fingerprint density at radius 2 is 2.06 bits per heavy atom. The van der Waals surface area contributed by atoms with Crippen molar-refractivity contribution in [1.29, 1.82) is 0 Å². The predicted molar refractivity (Wildman–Crippen MR) is 66.4 cm³/mol. The second kappa shape index (κ2) is 5.03. The summed E-state index contributed by atoms with van der Waals surface area (Å²) in [5.74, 6) is 1.62. The van der Waals surface area contributed by atoms with Gasteiger partial charge in [0.2, 0.25) is 0 Å². The molecule has 2 aliphatic rings. The Balaban J connectivity index is 1.81. The number of piperidine rings is 1. The van der Waals surface area contributed by atoms with Gasteiger partial charge in [-0.3, -0.25) is 0 Å². The Bertz CT molecular complexity index is 224. The Hall–Kier alpha value is -0.120. The first-order chi connectivity index (χ1) is 7.59. The Morgan fingerprint density at radius 3 is 2.62 bits per heavy atom. The summed E-state index contributed by atoms with van der Waals surface area (Å²) in [6, 6.07) is 0. The van der Waals surface area contributed by atoms with Gasteiger partial charge in [0.1, 0.15) is 0 Å². The SMILES string of the molecule is CC(C)C1CCN(CC2(O)CCNCC2)C1. The van der Waals surface area contributed by atoms with Crippen LogP contribution in [-0.2, 0) is 0 Å². The number of aliphatic hydroxyl groups is 1. The molecule has 2 aliphatic heterocycles. The van der Waals surface area contributed by atoms with Gasteiger partial charge in [-0.2, -0.15) is 0 Å². The van der Waals surface area contributed by atoms with Gasteiger partial charge in [-0.05, 0) is 50.7 Å². The molecule has 2 N–H and O–H groups in total. The van der Waals surface area contributed by atoms with E-state index in [9.17, 15) is 5.11 Å². The zero-order chi connectivity index (χ0) is 11.6. The van der Waals surface area contributed by atoms with Crippen LogP contribution >= 0.6 is 0 Å². The van der Waals surface area contributed by atoms with Gasteiger partial charge in [-0.25, -0.2) is 0 Å². The molecule has 0 aromatic carbocycles. The average molecular weight is 226 g/mol. The maximum Gasteiger partial charge on any atom is 0.0798 e. The third-order valence-corrected chi connectivity index (χ3v) is 4.30. The predicted octanol–water partition coefficient (Wildman–Crippen LogP) is 1.08. The van der Waals surface area contributed by atoms with E-state index >= 15 is 0 Å². The van der Waals surface area contributed by atoms with Crippen LogP contribution in [0.25, 0.3) is 0 Å². The quantitative estimate of drug-likeness (QED) is 0.756. The van der Waals surface area contributed by atoms with Gasteiger partial charge >= 0.3 is 0 Å². The molecule has 0 saturated carbocycles. The van der Waals surface area contributed by atoms with Crippen molar-refractivity contribution in [2.75, 3.05) is 32.7 Å². The minimum absolute atomic E-state index is 0.420. The number of hydrogen-bond acceptors (Lipinski definition) is 3. The van der Waals surface area contributed by atoms with E-state index in [0.717, 1.165) is 44.3 Å². The molecule has 2 saturated heterocycles. The molecule has 2 fully saturated rings. The molecule has 3 heteroatoms. The molecule has 0 amide bonds. The lowest BCUT2D eigenvalue weighted by Crippen LogP contribution is -2.49. The van der Waals surface area contributed by atoms with E-state index in [2.05, 4.69) is 24.1 Å². The van der Waals surface area contributed by atoms with E-state index < -0.39 is 5.60 Å². The third kappa shape index (κ3) is 2.96. The molecule has 0 aromatic rings. The van der Waals surface area contributed by atoms with Crippen molar-refractivity contribution in [3.8, 4) is 0 Å². The van der Waals surface area contributed by atoms with Crippen LogP contribution in [0.4, 0.5) is 0 Å². The molecule has 2 heterocycles. The number of β-amino-alcohol motifs (C(OH)–C–C–N with tert-alkyl or cyclic N) is 1. The second-order valence-electron chi connectivity index (χ2n) is 6.00. The van der Waals surface area contributed by atoms with Crippen molar-refractivity contribution >= 4 is 0 Å². The number of nitrogens with one attached hydrogen (secondary N) is 1. The third-order valence-electron chi connectivity index (χ3n) is 4.30. The Morgan fingerprint density at radius 1 is 1.38 bits per heavy atom. The largest absolute Gasteiger partial charge is 0.388 e. The minimum Gasteiger partial charge on any atom is -0.388 e. The van der Waals surface area contributed by atoms with Crippen molar-refractivity contribution in [3.63, 3.8) is 0 Å². The normalized spacial score (nSPS) is 31.1. The van der Waals surface area contributed by atoms with Crippen molar-refractivity contribution in [2.24, 2.45) is 11.8 Å². The molecule has 0 aromatic heterocycles. The number of hydrogen-bond donors (Lipinski definition) is 2. The number of nitrogens with zero attached hydrogens (tertiary/aromatic N) is 1. The summed E-state index contributed by atoms with van der Waals surface area (Å²) in [4.78, 5) is 2.47. The number of likely N-dealkylation sites (tertiary alicyclic amines) is 1. The first-order valence-corrected chi connectivity index (χ1v) is 6.74. The van der Waals surface area contributed by atoms with Gasteiger partial charge < -0.3 is 15.3 Å². The van der Waals surface area contributed by atoms with Gasteiger partial charge in [-0.15, -0.1) is 0 Å². The summed E-state index contributed by atoms with van der Waals surface area (Å²) < 4.78 is 0. The zero-order valence-electron chi connectivity index (χ0n) is 10.7. The first-order valence-electron chi connectivity index (χ1n) is 6.74. The molecule has 1 atom stereocenters. The van der Waals surface area contributed by atoms with Gasteiger partial charge in [-0.1, -0.05) is 13.8 Å². The average Bonchev–Trinajstić information content (AvgIpc) is 2.66. The van der Waals surface area contributed by atoms with Crippen LogP contribution in [0.1, 0.15) is 33.1 Å². The molecule has 3 nitrogen and oxygen atoms in total. The fraction of sp³-hybridized carbons (Fsp3) is 1.00. The van der Waals surface area contributed by atoms with Crippen LogP contribution in [0.2, 0.25) is 0 Å². The lowest BCUT2D eigenvalue weighted by atomic mass is 9.92. The standard InChI is InChI=1S/C13H26N2O/c1-11(2)12-3-8-15(9-12)10-13(16)4-6-14-7-5-13/h11-12,14,16H,3-10H2,1-2H3. The van der Waals surface area contributed by atoms with Crippen LogP contribution in [0.5, 0.6) is 0 Å². The smallest absolute Gasteiger partial charge is 0.0798 e. The van der Waals surface area contributed by atoms with Crippen LogP contribution in [0, 0.1) is 11.8 Å². The lowest BCUT2D eigenvalue weighted by Gasteiger charge is -2.36. The van der Waals surface area contributed by atoms with Gasteiger partial charge in [0, 0.05) is 13.1 Å². The molecule has 16 heavy (non-hydrogen) atoms. The summed E-state index contributed by atoms with van der Waals surface area (Å²) >= 11 is 0. The first kappa shape index (κ1) is 12.3. The van der Waals surface area contributed by atoms with Gasteiger partial charge in [0.15, 0.2) is 0 Å². The molecule has 0 radical (unpaired) electrons. The molecule has 0 aliphatic carbocycles. The highest BCUT2D eigenvalue weighted by Gasteiger charge is 2.34. The molecule has 0 spiro atoms. The second-order valence-corrected chi connectivity index (χ2v) is 6.00. The van der Waals surface area contributed by atoms with Crippen LogP contribution in [-0.4, -0.2) is 48.3 Å². The lowest BCUT2D eigenvalue weighted by molar-refractivity contribution is -0.0169. The summed E-state index contributed by atoms with van der Waals surface area (Å²) in [6.45, 7) is 9.82. The maximum absolute atomic E-state index is 10.5. The molecule has 0 bridgehead atoms. The number of rotatable bonds is 3. The van der Waals surface area contributed by atoms with Crippen LogP contribution in [0.15, 0.2) is 0 Å². The maximum atomic E-state index is 10.5.